The first-order valence-electron chi connectivity index (χ1n) is 10.5. The zero-order valence-electron chi connectivity index (χ0n) is 16.1. The number of pyridine rings is 1. The maximum atomic E-state index is 10.2. The van der Waals surface area contributed by atoms with Gasteiger partial charge in [0, 0.05) is 12.4 Å². The van der Waals surface area contributed by atoms with E-state index in [0.29, 0.717) is 10.8 Å². The molecule has 0 radical (unpaired) electrons. The van der Waals surface area contributed by atoms with Gasteiger partial charge in [0.05, 0.1) is 6.10 Å². The highest BCUT2D eigenvalue weighted by atomic mass is 16.3. The molecule has 5 rings (SSSR count). The van der Waals surface area contributed by atoms with Crippen LogP contribution in [0.1, 0.15) is 64.4 Å². The van der Waals surface area contributed by atoms with E-state index in [1.54, 1.807) is 11.1 Å². The van der Waals surface area contributed by atoms with E-state index in [4.69, 9.17) is 0 Å². The average molecular weight is 350 g/mol. The Bertz CT molecular complexity index is 766. The summed E-state index contributed by atoms with van der Waals surface area (Å²) >= 11 is 0. The molecule has 2 saturated carbocycles. The first-order valence-corrected chi connectivity index (χ1v) is 10.5. The third-order valence-corrected chi connectivity index (χ3v) is 8.65. The Morgan fingerprint density at radius 1 is 0.962 bits per heavy atom. The van der Waals surface area contributed by atoms with E-state index in [1.807, 2.05) is 12.4 Å². The minimum absolute atomic E-state index is 0.105. The summed E-state index contributed by atoms with van der Waals surface area (Å²) in [5.41, 5.74) is 5.17. The molecule has 2 fully saturated rings. The number of fused-ring (bicyclic) bond motifs is 5. The van der Waals surface area contributed by atoms with Crippen LogP contribution in [0.25, 0.3) is 5.57 Å². The Balaban J connectivity index is 1.48. The maximum absolute atomic E-state index is 10.2. The molecule has 0 amide bonds. The van der Waals surface area contributed by atoms with Crippen LogP contribution in [-0.4, -0.2) is 16.2 Å². The number of hydrogen-bond donors (Lipinski definition) is 1. The Morgan fingerprint density at radius 2 is 1.73 bits per heavy atom. The van der Waals surface area contributed by atoms with Crippen molar-refractivity contribution in [3.63, 3.8) is 0 Å². The lowest BCUT2D eigenvalue weighted by Crippen LogP contribution is -2.49. The molecule has 2 nitrogen and oxygen atoms in total. The van der Waals surface area contributed by atoms with Gasteiger partial charge in [-0.15, -0.1) is 0 Å². The van der Waals surface area contributed by atoms with Crippen molar-refractivity contribution in [2.24, 2.45) is 28.6 Å². The van der Waals surface area contributed by atoms with Crippen LogP contribution in [0.5, 0.6) is 0 Å². The van der Waals surface area contributed by atoms with Gasteiger partial charge in [-0.3, -0.25) is 4.98 Å². The van der Waals surface area contributed by atoms with Crippen molar-refractivity contribution in [2.75, 3.05) is 0 Å². The minimum atomic E-state index is -0.105. The molecule has 4 aliphatic carbocycles. The van der Waals surface area contributed by atoms with E-state index in [2.05, 4.69) is 43.1 Å². The third-order valence-electron chi connectivity index (χ3n) is 8.65. The molecule has 0 aliphatic heterocycles. The Hall–Kier alpha value is -1.41. The lowest BCUT2D eigenvalue weighted by atomic mass is 9.47. The molecule has 0 saturated heterocycles. The molecule has 2 heteroatoms. The molecule has 6 atom stereocenters. The number of aliphatic hydroxyl groups is 1. The van der Waals surface area contributed by atoms with Crippen LogP contribution in [0.15, 0.2) is 42.3 Å². The van der Waals surface area contributed by atoms with Crippen molar-refractivity contribution in [3.8, 4) is 0 Å². The molecule has 1 heterocycles. The highest BCUT2D eigenvalue weighted by Gasteiger charge is 2.56. The summed E-state index contributed by atoms with van der Waals surface area (Å²) in [4.78, 5) is 4.21. The summed E-state index contributed by atoms with van der Waals surface area (Å²) in [7, 11) is 0. The molecule has 0 unspecified atom stereocenters. The van der Waals surface area contributed by atoms with Crippen LogP contribution in [0.3, 0.4) is 0 Å². The van der Waals surface area contributed by atoms with Crippen LogP contribution < -0.4 is 0 Å². The number of aromatic nitrogens is 1. The Labute approximate surface area is 157 Å². The quantitative estimate of drug-likeness (QED) is 0.689. The Kier molecular flexibility index (Phi) is 3.73. The fourth-order valence-corrected chi connectivity index (χ4v) is 7.19. The second-order valence-corrected chi connectivity index (χ2v) is 9.70. The third kappa shape index (κ3) is 2.24. The first kappa shape index (κ1) is 16.7. The van der Waals surface area contributed by atoms with Crippen LogP contribution in [-0.2, 0) is 0 Å². The van der Waals surface area contributed by atoms with Crippen molar-refractivity contribution in [1.29, 1.82) is 0 Å². The first-order chi connectivity index (χ1) is 12.5. The van der Waals surface area contributed by atoms with Gasteiger partial charge < -0.3 is 5.11 Å². The van der Waals surface area contributed by atoms with Gasteiger partial charge in [0.2, 0.25) is 0 Å². The van der Waals surface area contributed by atoms with Gasteiger partial charge in [0.15, 0.2) is 0 Å². The zero-order valence-corrected chi connectivity index (χ0v) is 16.1. The van der Waals surface area contributed by atoms with Crippen molar-refractivity contribution < 1.29 is 5.11 Å². The number of nitrogens with zero attached hydrogens (tertiary/aromatic N) is 1. The topological polar surface area (TPSA) is 33.1 Å². The largest absolute Gasteiger partial charge is 0.393 e. The van der Waals surface area contributed by atoms with Crippen LogP contribution in [0.2, 0.25) is 0 Å². The molecule has 0 bridgehead atoms. The van der Waals surface area contributed by atoms with E-state index in [1.165, 1.54) is 37.7 Å². The van der Waals surface area contributed by atoms with E-state index in [9.17, 15) is 5.11 Å². The molecule has 1 N–H and O–H groups in total. The predicted molar refractivity (Wildman–Crippen MR) is 105 cm³/mol. The van der Waals surface area contributed by atoms with Crippen molar-refractivity contribution in [2.45, 2.75) is 64.9 Å². The predicted octanol–water partition coefficient (Wildman–Crippen LogP) is 5.40. The zero-order chi connectivity index (χ0) is 17.9. The average Bonchev–Trinajstić information content (AvgIpc) is 3.00. The standard InChI is InChI=1S/C24H31NO/c1-23-11-7-18(26)15-17(23)3-4-19-21-6-5-20(16-9-13-25-14-10-16)24(21,2)12-8-22(19)23/h3,5,9-10,13-14,18-19,21-22,26H,4,6-8,11-12,15H2,1-2H3/t18-,19-,21-,22-,23-,24+/m0/s1. The fraction of sp³-hybridized carbons (Fsp3) is 0.625. The van der Waals surface area contributed by atoms with Gasteiger partial charge in [0.25, 0.3) is 0 Å². The lowest BCUT2D eigenvalue weighted by molar-refractivity contribution is -0.0238. The summed E-state index contributed by atoms with van der Waals surface area (Å²) in [6.07, 6.45) is 17.0. The number of rotatable bonds is 1. The second kappa shape index (κ2) is 5.79. The van der Waals surface area contributed by atoms with E-state index >= 15 is 0 Å². The normalized spacial score (nSPS) is 44.4. The van der Waals surface area contributed by atoms with Crippen molar-refractivity contribution in [3.05, 3.63) is 47.8 Å². The number of allylic oxidation sites excluding steroid dienone is 3. The molecule has 0 aromatic carbocycles. The SMILES string of the molecule is C[C@]12CC[C@H](O)CC1=CC[C@@H]1[C@@H]2CC[C@]2(C)C(c3ccncc3)=CC[C@@H]12. The summed E-state index contributed by atoms with van der Waals surface area (Å²) in [5, 5.41) is 10.2. The van der Waals surface area contributed by atoms with E-state index < -0.39 is 0 Å². The van der Waals surface area contributed by atoms with Crippen molar-refractivity contribution >= 4 is 5.57 Å². The summed E-state index contributed by atoms with van der Waals surface area (Å²) in [6.45, 7) is 5.04. The summed E-state index contributed by atoms with van der Waals surface area (Å²) in [5.74, 6) is 2.37. The smallest absolute Gasteiger partial charge is 0.0577 e. The fourth-order valence-electron chi connectivity index (χ4n) is 7.19. The molecule has 1 aromatic heterocycles. The van der Waals surface area contributed by atoms with Gasteiger partial charge in [0.1, 0.15) is 0 Å². The number of aliphatic hydroxyl groups excluding tert-OH is 1. The van der Waals surface area contributed by atoms with Crippen LogP contribution in [0, 0.1) is 28.6 Å². The second-order valence-electron chi connectivity index (χ2n) is 9.70. The monoisotopic (exact) mass is 349 g/mol. The minimum Gasteiger partial charge on any atom is -0.393 e. The molecule has 26 heavy (non-hydrogen) atoms. The highest BCUT2D eigenvalue weighted by Crippen LogP contribution is 2.66. The summed E-state index contributed by atoms with van der Waals surface area (Å²) < 4.78 is 0. The summed E-state index contributed by atoms with van der Waals surface area (Å²) in [6, 6.07) is 4.38. The van der Waals surface area contributed by atoms with Gasteiger partial charge in [-0.1, -0.05) is 31.6 Å². The van der Waals surface area contributed by atoms with Gasteiger partial charge >= 0.3 is 0 Å². The highest BCUT2D eigenvalue weighted by molar-refractivity contribution is 5.72. The van der Waals surface area contributed by atoms with Crippen LogP contribution >= 0.6 is 0 Å². The van der Waals surface area contributed by atoms with Gasteiger partial charge in [-0.25, -0.2) is 0 Å². The Morgan fingerprint density at radius 3 is 2.54 bits per heavy atom. The maximum Gasteiger partial charge on any atom is 0.0577 e. The molecular formula is C24H31NO. The van der Waals surface area contributed by atoms with Gasteiger partial charge in [-0.05, 0) is 96.8 Å². The molecule has 0 spiro atoms. The van der Waals surface area contributed by atoms with Crippen LogP contribution in [0.4, 0.5) is 0 Å². The molecule has 4 aliphatic rings. The van der Waals surface area contributed by atoms with Gasteiger partial charge in [-0.2, -0.15) is 0 Å². The van der Waals surface area contributed by atoms with E-state index in [-0.39, 0.29) is 6.10 Å². The number of hydrogen-bond acceptors (Lipinski definition) is 2. The molecule has 138 valence electrons. The van der Waals surface area contributed by atoms with E-state index in [0.717, 1.165) is 30.6 Å². The lowest BCUT2D eigenvalue weighted by Gasteiger charge is -2.57. The van der Waals surface area contributed by atoms with Crippen molar-refractivity contribution in [1.82, 2.24) is 4.98 Å². The molecule has 1 aromatic rings. The molecular weight excluding hydrogens is 318 g/mol.